The van der Waals surface area contributed by atoms with Crippen LogP contribution in [0.1, 0.15) is 5.56 Å². The molecular weight excluding hydrogens is 282 g/mol. The van der Waals surface area contributed by atoms with Gasteiger partial charge in [0.15, 0.2) is 0 Å². The van der Waals surface area contributed by atoms with Crippen LogP contribution >= 0.6 is 15.9 Å². The van der Waals surface area contributed by atoms with E-state index < -0.39 is 0 Å². The van der Waals surface area contributed by atoms with Gasteiger partial charge < -0.3 is 10.1 Å². The molecule has 0 fully saturated rings. The summed E-state index contributed by atoms with van der Waals surface area (Å²) in [6.45, 7) is 0.726. The van der Waals surface area contributed by atoms with E-state index >= 15 is 0 Å². The molecule has 0 spiro atoms. The highest BCUT2D eigenvalue weighted by Crippen LogP contribution is 2.23. The van der Waals surface area contributed by atoms with Gasteiger partial charge in [0.2, 0.25) is 0 Å². The maximum absolute atomic E-state index is 5.20. The fourth-order valence-electron chi connectivity index (χ4n) is 1.52. The lowest BCUT2D eigenvalue weighted by molar-refractivity contribution is 0.414. The van der Waals surface area contributed by atoms with Crippen LogP contribution in [0, 0.1) is 0 Å². The van der Waals surface area contributed by atoms with Crippen molar-refractivity contribution in [3.05, 3.63) is 40.6 Å². The molecule has 0 amide bonds. The van der Waals surface area contributed by atoms with Gasteiger partial charge in [-0.05, 0) is 23.8 Å². The number of anilines is 1. The van der Waals surface area contributed by atoms with E-state index in [1.54, 1.807) is 18.0 Å². The predicted molar refractivity (Wildman–Crippen MR) is 71.2 cm³/mol. The average Bonchev–Trinajstić information content (AvgIpc) is 2.74. The molecule has 0 unspecified atom stereocenters. The molecule has 5 heteroatoms. The largest absolute Gasteiger partial charge is 0.497 e. The Morgan fingerprint density at radius 3 is 2.94 bits per heavy atom. The lowest BCUT2D eigenvalue weighted by atomic mass is 10.2. The van der Waals surface area contributed by atoms with Gasteiger partial charge >= 0.3 is 0 Å². The minimum absolute atomic E-state index is 0.726. The second kappa shape index (κ2) is 5.23. The van der Waals surface area contributed by atoms with Gasteiger partial charge in [-0.15, -0.1) is 0 Å². The van der Waals surface area contributed by atoms with Gasteiger partial charge in [0.25, 0.3) is 0 Å². The number of halogens is 1. The second-order valence-corrected chi connectivity index (χ2v) is 4.57. The summed E-state index contributed by atoms with van der Waals surface area (Å²) >= 11 is 3.52. The standard InChI is InChI=1S/C12H14BrN3O/c1-16-8-10(7-15-16)14-6-9-5-11(17-2)3-4-12(9)13/h3-5,7-8,14H,6H2,1-2H3. The molecular formula is C12H14BrN3O. The average molecular weight is 296 g/mol. The molecule has 1 aromatic carbocycles. The van der Waals surface area contributed by atoms with Crippen LogP contribution in [0.2, 0.25) is 0 Å². The third-order valence-corrected chi connectivity index (χ3v) is 3.21. The summed E-state index contributed by atoms with van der Waals surface area (Å²) in [7, 11) is 3.56. The van der Waals surface area contributed by atoms with Crippen LogP contribution < -0.4 is 10.1 Å². The molecule has 1 aromatic heterocycles. The van der Waals surface area contributed by atoms with Crippen molar-refractivity contribution in [2.45, 2.75) is 6.54 Å². The summed E-state index contributed by atoms with van der Waals surface area (Å²) in [6.07, 6.45) is 3.74. The maximum atomic E-state index is 5.20. The van der Waals surface area contributed by atoms with Crippen molar-refractivity contribution in [1.29, 1.82) is 0 Å². The zero-order chi connectivity index (χ0) is 12.3. The Kier molecular flexibility index (Phi) is 3.68. The molecule has 0 saturated carbocycles. The summed E-state index contributed by atoms with van der Waals surface area (Å²) in [5.41, 5.74) is 2.15. The fraction of sp³-hybridized carbons (Fsp3) is 0.250. The second-order valence-electron chi connectivity index (χ2n) is 3.71. The number of hydrogen-bond donors (Lipinski definition) is 1. The van der Waals surface area contributed by atoms with Crippen molar-refractivity contribution in [1.82, 2.24) is 9.78 Å². The normalized spacial score (nSPS) is 10.3. The van der Waals surface area contributed by atoms with Gasteiger partial charge in [-0.3, -0.25) is 4.68 Å². The van der Waals surface area contributed by atoms with Crippen molar-refractivity contribution in [3.63, 3.8) is 0 Å². The number of aromatic nitrogens is 2. The molecule has 1 N–H and O–H groups in total. The van der Waals surface area contributed by atoms with Gasteiger partial charge in [-0.1, -0.05) is 15.9 Å². The van der Waals surface area contributed by atoms with E-state index in [2.05, 4.69) is 26.3 Å². The summed E-state index contributed by atoms with van der Waals surface area (Å²) in [4.78, 5) is 0. The number of rotatable bonds is 4. The molecule has 0 saturated heterocycles. The van der Waals surface area contributed by atoms with Crippen LogP contribution in [-0.4, -0.2) is 16.9 Å². The number of hydrogen-bond acceptors (Lipinski definition) is 3. The van der Waals surface area contributed by atoms with E-state index in [1.807, 2.05) is 31.4 Å². The van der Waals surface area contributed by atoms with E-state index in [4.69, 9.17) is 4.74 Å². The topological polar surface area (TPSA) is 39.1 Å². The minimum Gasteiger partial charge on any atom is -0.497 e. The lowest BCUT2D eigenvalue weighted by Crippen LogP contribution is -2.00. The monoisotopic (exact) mass is 295 g/mol. The van der Waals surface area contributed by atoms with Crippen LogP contribution in [0.4, 0.5) is 5.69 Å². The van der Waals surface area contributed by atoms with E-state index in [-0.39, 0.29) is 0 Å². The molecule has 0 bridgehead atoms. The first-order valence-corrected chi connectivity index (χ1v) is 6.03. The van der Waals surface area contributed by atoms with Crippen LogP contribution in [0.5, 0.6) is 5.75 Å². The van der Waals surface area contributed by atoms with Gasteiger partial charge in [0.05, 0.1) is 19.0 Å². The van der Waals surface area contributed by atoms with Gasteiger partial charge in [0, 0.05) is 24.3 Å². The molecule has 0 aliphatic rings. The molecule has 1 heterocycles. The van der Waals surface area contributed by atoms with E-state index in [9.17, 15) is 0 Å². The van der Waals surface area contributed by atoms with Gasteiger partial charge in [0.1, 0.15) is 5.75 Å². The number of benzene rings is 1. The van der Waals surface area contributed by atoms with Gasteiger partial charge in [-0.25, -0.2) is 0 Å². The molecule has 17 heavy (non-hydrogen) atoms. The number of methoxy groups -OCH3 is 1. The zero-order valence-electron chi connectivity index (χ0n) is 9.77. The molecule has 0 aliphatic carbocycles. The summed E-state index contributed by atoms with van der Waals surface area (Å²) in [6, 6.07) is 5.92. The van der Waals surface area contributed by atoms with E-state index in [1.165, 1.54) is 0 Å². The molecule has 0 radical (unpaired) electrons. The Labute approximate surface area is 109 Å². The molecule has 0 atom stereocenters. The highest BCUT2D eigenvalue weighted by atomic mass is 79.9. The molecule has 2 aromatic rings. The quantitative estimate of drug-likeness (QED) is 0.943. The summed E-state index contributed by atoms with van der Waals surface area (Å²) < 4.78 is 8.03. The SMILES string of the molecule is COc1ccc(Br)c(CNc2cnn(C)c2)c1. The highest BCUT2D eigenvalue weighted by Gasteiger charge is 2.03. The third-order valence-electron chi connectivity index (χ3n) is 2.44. The molecule has 2 rings (SSSR count). The Morgan fingerprint density at radius 1 is 1.47 bits per heavy atom. The Hall–Kier alpha value is -1.49. The summed E-state index contributed by atoms with van der Waals surface area (Å²) in [5.74, 6) is 0.858. The maximum Gasteiger partial charge on any atom is 0.119 e. The van der Waals surface area contributed by atoms with Crippen molar-refractivity contribution >= 4 is 21.6 Å². The van der Waals surface area contributed by atoms with Crippen molar-refractivity contribution < 1.29 is 4.74 Å². The Morgan fingerprint density at radius 2 is 2.29 bits per heavy atom. The van der Waals surface area contributed by atoms with Crippen molar-refractivity contribution in [2.24, 2.45) is 7.05 Å². The molecule has 90 valence electrons. The first kappa shape index (κ1) is 12.0. The first-order chi connectivity index (χ1) is 8.19. The van der Waals surface area contributed by atoms with Crippen molar-refractivity contribution in [3.8, 4) is 5.75 Å². The third kappa shape index (κ3) is 3.00. The Balaban J connectivity index is 2.07. The molecule has 4 nitrogen and oxygen atoms in total. The van der Waals surface area contributed by atoms with E-state index in [0.717, 1.165) is 28.0 Å². The fourth-order valence-corrected chi connectivity index (χ4v) is 1.91. The van der Waals surface area contributed by atoms with Crippen molar-refractivity contribution in [2.75, 3.05) is 12.4 Å². The van der Waals surface area contributed by atoms with Crippen LogP contribution in [0.15, 0.2) is 35.1 Å². The number of nitrogens with one attached hydrogen (secondary N) is 1. The molecule has 0 aliphatic heterocycles. The van der Waals surface area contributed by atoms with E-state index in [0.29, 0.717) is 0 Å². The predicted octanol–water partition coefficient (Wildman–Crippen LogP) is 2.80. The highest BCUT2D eigenvalue weighted by molar-refractivity contribution is 9.10. The number of ether oxygens (including phenoxy) is 1. The number of aryl methyl sites for hydroxylation is 1. The lowest BCUT2D eigenvalue weighted by Gasteiger charge is -2.08. The zero-order valence-corrected chi connectivity index (χ0v) is 11.4. The van der Waals surface area contributed by atoms with Crippen LogP contribution in [0.25, 0.3) is 0 Å². The summed E-state index contributed by atoms with van der Waals surface area (Å²) in [5, 5.41) is 7.41. The van der Waals surface area contributed by atoms with Crippen LogP contribution in [0.3, 0.4) is 0 Å². The minimum atomic E-state index is 0.726. The first-order valence-electron chi connectivity index (χ1n) is 5.24. The van der Waals surface area contributed by atoms with Gasteiger partial charge in [-0.2, -0.15) is 5.10 Å². The Bertz CT molecular complexity index is 510. The van der Waals surface area contributed by atoms with Crippen LogP contribution in [-0.2, 0) is 13.6 Å². The smallest absolute Gasteiger partial charge is 0.119 e. The number of nitrogens with zero attached hydrogens (tertiary/aromatic N) is 2.